The van der Waals surface area contributed by atoms with Gasteiger partial charge in [-0.1, -0.05) is 38.1 Å². The lowest BCUT2D eigenvalue weighted by atomic mass is 9.71. The van der Waals surface area contributed by atoms with E-state index in [4.69, 9.17) is 4.52 Å². The Bertz CT molecular complexity index is 751. The van der Waals surface area contributed by atoms with Gasteiger partial charge in [0.2, 0.25) is 5.82 Å². The van der Waals surface area contributed by atoms with Crippen LogP contribution in [0.2, 0.25) is 0 Å². The van der Waals surface area contributed by atoms with E-state index < -0.39 is 11.6 Å². The first-order chi connectivity index (χ1) is 11.3. The summed E-state index contributed by atoms with van der Waals surface area (Å²) in [6.07, 6.45) is 0.513. The number of hydrogen-bond donors (Lipinski definition) is 1. The van der Waals surface area contributed by atoms with Crippen molar-refractivity contribution in [3.63, 3.8) is 0 Å². The first-order valence-corrected chi connectivity index (χ1v) is 8.94. The van der Waals surface area contributed by atoms with Crippen molar-refractivity contribution < 1.29 is 14.4 Å². The first kappa shape index (κ1) is 17.2. The molecule has 0 spiro atoms. The van der Waals surface area contributed by atoms with E-state index in [1.54, 1.807) is 0 Å². The first-order valence-electron chi connectivity index (χ1n) is 7.86. The molecule has 24 heavy (non-hydrogen) atoms. The summed E-state index contributed by atoms with van der Waals surface area (Å²) in [7, 11) is 0. The van der Waals surface area contributed by atoms with E-state index in [9.17, 15) is 9.90 Å². The molecular formula is C17H20IN3O3. The van der Waals surface area contributed by atoms with Crippen molar-refractivity contribution >= 4 is 28.7 Å². The van der Waals surface area contributed by atoms with Crippen LogP contribution in [0, 0.1) is 8.99 Å². The number of carbonyl (C=O) groups is 1. The Morgan fingerprint density at radius 2 is 2.00 bits per heavy atom. The van der Waals surface area contributed by atoms with Gasteiger partial charge < -0.3 is 9.63 Å². The molecule has 0 aliphatic carbocycles. The van der Waals surface area contributed by atoms with Gasteiger partial charge in [0.15, 0.2) is 0 Å². The number of aromatic nitrogens is 2. The average molecular weight is 441 g/mol. The van der Waals surface area contributed by atoms with Gasteiger partial charge in [-0.05, 0) is 53.0 Å². The summed E-state index contributed by atoms with van der Waals surface area (Å²) < 4.78 is 6.70. The van der Waals surface area contributed by atoms with Crippen molar-refractivity contribution in [1.29, 1.82) is 0 Å². The van der Waals surface area contributed by atoms with Crippen molar-refractivity contribution in [1.82, 2.24) is 15.0 Å². The molecule has 0 radical (unpaired) electrons. The summed E-state index contributed by atoms with van der Waals surface area (Å²) in [5.74, 6) is 0.866. The SMILES string of the molecule is CC(C)(C)[C@]1(c2nc(-c3ccc(I)cc3)no2)CCCN1C(=O)O. The molecule has 0 bridgehead atoms. The molecule has 6 nitrogen and oxygen atoms in total. The molecule has 1 saturated heterocycles. The van der Waals surface area contributed by atoms with Crippen LogP contribution in [0.5, 0.6) is 0 Å². The second kappa shape index (κ2) is 6.02. The zero-order valence-corrected chi connectivity index (χ0v) is 16.1. The van der Waals surface area contributed by atoms with E-state index in [0.717, 1.165) is 15.6 Å². The van der Waals surface area contributed by atoms with E-state index in [1.165, 1.54) is 4.90 Å². The summed E-state index contributed by atoms with van der Waals surface area (Å²) in [6, 6.07) is 7.82. The molecule has 1 aliphatic rings. The van der Waals surface area contributed by atoms with Gasteiger partial charge in [0, 0.05) is 15.7 Å². The lowest BCUT2D eigenvalue weighted by molar-refractivity contribution is 0.00351. The zero-order valence-electron chi connectivity index (χ0n) is 13.9. The quantitative estimate of drug-likeness (QED) is 0.701. The van der Waals surface area contributed by atoms with Crippen LogP contribution in [-0.2, 0) is 5.54 Å². The highest BCUT2D eigenvalue weighted by Gasteiger charge is 2.57. The highest BCUT2D eigenvalue weighted by atomic mass is 127. The summed E-state index contributed by atoms with van der Waals surface area (Å²) in [6.45, 7) is 6.53. The summed E-state index contributed by atoms with van der Waals surface area (Å²) in [5, 5.41) is 13.8. The van der Waals surface area contributed by atoms with Crippen molar-refractivity contribution in [2.45, 2.75) is 39.2 Å². The summed E-state index contributed by atoms with van der Waals surface area (Å²) >= 11 is 2.24. The van der Waals surface area contributed by atoms with Crippen molar-refractivity contribution in [2.75, 3.05) is 6.54 Å². The minimum absolute atomic E-state index is 0.363. The molecule has 1 fully saturated rings. The topological polar surface area (TPSA) is 79.5 Å². The minimum Gasteiger partial charge on any atom is -0.465 e. The van der Waals surface area contributed by atoms with Gasteiger partial charge in [0.25, 0.3) is 5.89 Å². The van der Waals surface area contributed by atoms with E-state index in [1.807, 2.05) is 45.0 Å². The van der Waals surface area contributed by atoms with Gasteiger partial charge in [0.05, 0.1) is 0 Å². The van der Waals surface area contributed by atoms with Crippen LogP contribution in [-0.4, -0.2) is 32.8 Å². The third kappa shape index (κ3) is 2.68. The van der Waals surface area contributed by atoms with Gasteiger partial charge in [0.1, 0.15) is 5.54 Å². The number of benzene rings is 1. The highest BCUT2D eigenvalue weighted by Crippen LogP contribution is 2.50. The smallest absolute Gasteiger partial charge is 0.408 e. The number of rotatable bonds is 2. The van der Waals surface area contributed by atoms with Gasteiger partial charge in [-0.2, -0.15) is 4.98 Å². The molecule has 0 saturated carbocycles. The Morgan fingerprint density at radius 3 is 2.58 bits per heavy atom. The second-order valence-corrected chi connectivity index (χ2v) is 8.32. The normalized spacial score (nSPS) is 21.2. The van der Waals surface area contributed by atoms with Crippen LogP contribution >= 0.6 is 22.6 Å². The van der Waals surface area contributed by atoms with E-state index >= 15 is 0 Å². The second-order valence-electron chi connectivity index (χ2n) is 7.08. The van der Waals surface area contributed by atoms with E-state index in [-0.39, 0.29) is 5.41 Å². The van der Waals surface area contributed by atoms with Crippen LogP contribution in [0.1, 0.15) is 39.5 Å². The van der Waals surface area contributed by atoms with Gasteiger partial charge >= 0.3 is 6.09 Å². The number of amides is 1. The number of likely N-dealkylation sites (tertiary alicyclic amines) is 1. The standard InChI is InChI=1S/C17H20IN3O3/c1-16(2,3)17(9-4-10-21(17)15(22)23)14-19-13(20-24-14)11-5-7-12(18)8-6-11/h5-8H,4,9-10H2,1-3H3,(H,22,23)/t17-/m1/s1. The molecule has 1 aromatic heterocycles. The van der Waals surface area contributed by atoms with E-state index in [2.05, 4.69) is 32.7 Å². The molecule has 1 aliphatic heterocycles. The van der Waals surface area contributed by atoms with Gasteiger partial charge in [-0.15, -0.1) is 0 Å². The van der Waals surface area contributed by atoms with Crippen LogP contribution < -0.4 is 0 Å². The molecule has 1 N–H and O–H groups in total. The number of halogens is 1. The molecule has 128 valence electrons. The predicted molar refractivity (Wildman–Crippen MR) is 97.5 cm³/mol. The van der Waals surface area contributed by atoms with Crippen molar-refractivity contribution in [2.24, 2.45) is 5.41 Å². The summed E-state index contributed by atoms with van der Waals surface area (Å²) in [5.41, 5.74) is -0.306. The average Bonchev–Trinajstić information content (AvgIpc) is 3.14. The fraction of sp³-hybridized carbons (Fsp3) is 0.471. The third-order valence-corrected chi connectivity index (χ3v) is 5.45. The number of nitrogens with zero attached hydrogens (tertiary/aromatic N) is 3. The Balaban J connectivity index is 2.07. The molecule has 3 rings (SSSR count). The molecule has 0 unspecified atom stereocenters. The third-order valence-electron chi connectivity index (χ3n) is 4.73. The molecule has 1 atom stereocenters. The maximum absolute atomic E-state index is 11.8. The monoisotopic (exact) mass is 441 g/mol. The van der Waals surface area contributed by atoms with Crippen molar-refractivity contribution in [3.05, 3.63) is 33.7 Å². The minimum atomic E-state index is -0.948. The van der Waals surface area contributed by atoms with E-state index in [0.29, 0.717) is 24.7 Å². The lowest BCUT2D eigenvalue weighted by Crippen LogP contribution is -2.53. The zero-order chi connectivity index (χ0) is 17.5. The Kier molecular flexibility index (Phi) is 4.31. The molecule has 2 aromatic rings. The van der Waals surface area contributed by atoms with Crippen LogP contribution in [0.4, 0.5) is 4.79 Å². The largest absolute Gasteiger partial charge is 0.465 e. The summed E-state index contributed by atoms with van der Waals surface area (Å²) in [4.78, 5) is 17.8. The number of hydrogen-bond acceptors (Lipinski definition) is 4. The molecule has 2 heterocycles. The molecule has 7 heteroatoms. The predicted octanol–water partition coefficient (Wildman–Crippen LogP) is 4.36. The molecular weight excluding hydrogens is 421 g/mol. The fourth-order valence-corrected chi connectivity index (χ4v) is 3.87. The highest BCUT2D eigenvalue weighted by molar-refractivity contribution is 14.1. The maximum atomic E-state index is 11.8. The Labute approximate surface area is 154 Å². The van der Waals surface area contributed by atoms with Crippen molar-refractivity contribution in [3.8, 4) is 11.4 Å². The van der Waals surface area contributed by atoms with Gasteiger partial charge in [-0.25, -0.2) is 4.79 Å². The Morgan fingerprint density at radius 1 is 1.33 bits per heavy atom. The number of carboxylic acid groups (broad SMARTS) is 1. The molecule has 1 amide bonds. The van der Waals surface area contributed by atoms with Crippen LogP contribution in [0.3, 0.4) is 0 Å². The fourth-order valence-electron chi connectivity index (χ4n) is 3.51. The van der Waals surface area contributed by atoms with Gasteiger partial charge in [-0.3, -0.25) is 4.90 Å². The Hall–Kier alpha value is -1.64. The van der Waals surface area contributed by atoms with Crippen LogP contribution in [0.25, 0.3) is 11.4 Å². The lowest BCUT2D eigenvalue weighted by Gasteiger charge is -2.43. The maximum Gasteiger partial charge on any atom is 0.408 e. The molecule has 1 aromatic carbocycles. The van der Waals surface area contributed by atoms with Crippen LogP contribution in [0.15, 0.2) is 28.8 Å².